The molecule has 0 aliphatic heterocycles. The predicted octanol–water partition coefficient (Wildman–Crippen LogP) is 0.599. The summed E-state index contributed by atoms with van der Waals surface area (Å²) in [6, 6.07) is 1.74. The molecule has 5 nitrogen and oxygen atoms in total. The van der Waals surface area contributed by atoms with Crippen LogP contribution in [0, 0.1) is 11.8 Å². The van der Waals surface area contributed by atoms with Gasteiger partial charge in [-0.2, -0.15) is 0 Å². The monoisotopic (exact) mass is 315 g/mol. The molecule has 1 N–H and O–H groups in total. The number of thiophene rings is 1. The zero-order valence-corrected chi connectivity index (χ0v) is 13.1. The number of rotatable bonds is 5. The molecule has 0 atom stereocenters. The molecule has 1 aromatic rings. The second-order valence-corrected chi connectivity index (χ2v) is 7.47. The van der Waals surface area contributed by atoms with Gasteiger partial charge >= 0.3 is 0 Å². The van der Waals surface area contributed by atoms with Crippen LogP contribution in [0.25, 0.3) is 0 Å². The molecule has 1 rings (SSSR count). The lowest BCUT2D eigenvalue weighted by molar-refractivity contribution is 0.0808. The van der Waals surface area contributed by atoms with E-state index >= 15 is 0 Å². The smallest absolute Gasteiger partial charge is 0.264 e. The van der Waals surface area contributed by atoms with E-state index in [1.165, 1.54) is 16.2 Å². The number of aliphatic hydroxyl groups excluding tert-OH is 1. The zero-order valence-electron chi connectivity index (χ0n) is 11.4. The van der Waals surface area contributed by atoms with Crippen molar-refractivity contribution in [1.29, 1.82) is 0 Å². The highest BCUT2D eigenvalue weighted by Gasteiger charge is 2.17. The molecule has 0 unspecified atom stereocenters. The molecular formula is C13H17NO4S2. The number of sulfone groups is 1. The van der Waals surface area contributed by atoms with E-state index in [1.807, 2.05) is 0 Å². The molecule has 20 heavy (non-hydrogen) atoms. The van der Waals surface area contributed by atoms with Crippen LogP contribution in [0.3, 0.4) is 0 Å². The first-order valence-electron chi connectivity index (χ1n) is 5.95. The Morgan fingerprint density at radius 2 is 2.20 bits per heavy atom. The largest absolute Gasteiger partial charge is 0.395 e. The lowest BCUT2D eigenvalue weighted by Crippen LogP contribution is -2.31. The fraction of sp³-hybridized carbons (Fsp3) is 0.462. The van der Waals surface area contributed by atoms with Crippen molar-refractivity contribution >= 4 is 27.1 Å². The van der Waals surface area contributed by atoms with Gasteiger partial charge in [-0.25, -0.2) is 8.42 Å². The Hall–Kier alpha value is -1.36. The minimum atomic E-state index is -3.10. The van der Waals surface area contributed by atoms with Gasteiger partial charge in [0.1, 0.15) is 14.7 Å². The molecule has 0 aliphatic carbocycles. The Balaban J connectivity index is 2.78. The summed E-state index contributed by atoms with van der Waals surface area (Å²) in [7, 11) is -1.53. The normalized spacial score (nSPS) is 10.8. The molecule has 110 valence electrons. The van der Waals surface area contributed by atoms with Crippen molar-refractivity contribution in [2.75, 3.05) is 32.2 Å². The van der Waals surface area contributed by atoms with E-state index in [9.17, 15) is 13.2 Å². The van der Waals surface area contributed by atoms with Gasteiger partial charge in [-0.15, -0.1) is 11.3 Å². The Bertz CT molecular complexity index is 622. The van der Waals surface area contributed by atoms with Crippen LogP contribution in [-0.4, -0.2) is 56.5 Å². The molecule has 0 saturated heterocycles. The van der Waals surface area contributed by atoms with Crippen molar-refractivity contribution in [3.63, 3.8) is 0 Å². The Kier molecular flexibility index (Phi) is 6.20. The molecule has 1 amide bonds. The van der Waals surface area contributed by atoms with Crippen molar-refractivity contribution in [2.45, 2.75) is 6.42 Å². The van der Waals surface area contributed by atoms with Gasteiger partial charge in [0.05, 0.1) is 12.4 Å². The highest BCUT2D eigenvalue weighted by molar-refractivity contribution is 7.90. The predicted molar refractivity (Wildman–Crippen MR) is 79.6 cm³/mol. The summed E-state index contributed by atoms with van der Waals surface area (Å²) in [5.74, 6) is 5.30. The zero-order chi connectivity index (χ0) is 15.2. The number of aliphatic hydroxyl groups is 1. The number of carbonyl (C=O) groups is 1. The van der Waals surface area contributed by atoms with Gasteiger partial charge in [-0.3, -0.25) is 4.79 Å². The third kappa shape index (κ3) is 5.33. The summed E-state index contributed by atoms with van der Waals surface area (Å²) >= 11 is 1.27. The fourth-order valence-electron chi connectivity index (χ4n) is 1.36. The topological polar surface area (TPSA) is 74.7 Å². The third-order valence-electron chi connectivity index (χ3n) is 2.46. The van der Waals surface area contributed by atoms with Gasteiger partial charge in [0.15, 0.2) is 0 Å². The van der Waals surface area contributed by atoms with Crippen molar-refractivity contribution in [3.8, 4) is 11.8 Å². The average Bonchev–Trinajstić information content (AvgIpc) is 2.83. The lowest BCUT2D eigenvalue weighted by Gasteiger charge is -2.15. The SMILES string of the molecule is CN(CCS(C)(=O)=O)C(=O)c1sccc1C#CCCO. The Labute approximate surface area is 123 Å². The standard InChI is InChI=1S/C13H17NO4S2/c1-14(7-10-20(2,17)18)13(16)12-11(6-9-19-12)5-3-4-8-15/h6,9,15H,4,7-8,10H2,1-2H3. The third-order valence-corrected chi connectivity index (χ3v) is 4.29. The summed E-state index contributed by atoms with van der Waals surface area (Å²) in [5.41, 5.74) is 0.611. The highest BCUT2D eigenvalue weighted by Crippen LogP contribution is 2.17. The summed E-state index contributed by atoms with van der Waals surface area (Å²) in [4.78, 5) is 14.1. The molecular weight excluding hydrogens is 298 g/mol. The Morgan fingerprint density at radius 3 is 2.80 bits per heavy atom. The van der Waals surface area contributed by atoms with E-state index < -0.39 is 9.84 Å². The first-order valence-corrected chi connectivity index (χ1v) is 8.89. The highest BCUT2D eigenvalue weighted by atomic mass is 32.2. The number of amides is 1. The van der Waals surface area contributed by atoms with Crippen LogP contribution in [-0.2, 0) is 9.84 Å². The maximum atomic E-state index is 12.2. The molecule has 0 fully saturated rings. The van der Waals surface area contributed by atoms with Gasteiger partial charge in [0.25, 0.3) is 5.91 Å². The van der Waals surface area contributed by atoms with E-state index in [0.717, 1.165) is 6.26 Å². The Morgan fingerprint density at radius 1 is 1.50 bits per heavy atom. The van der Waals surface area contributed by atoms with Crippen LogP contribution >= 0.6 is 11.3 Å². The second kappa shape index (κ2) is 7.43. The second-order valence-electron chi connectivity index (χ2n) is 4.30. The van der Waals surface area contributed by atoms with Gasteiger partial charge < -0.3 is 10.0 Å². The molecule has 0 bridgehead atoms. The summed E-state index contributed by atoms with van der Waals surface area (Å²) < 4.78 is 22.2. The summed E-state index contributed by atoms with van der Waals surface area (Å²) in [5, 5.41) is 10.4. The van der Waals surface area contributed by atoms with Gasteiger partial charge in [0, 0.05) is 31.8 Å². The van der Waals surface area contributed by atoms with E-state index in [1.54, 1.807) is 18.5 Å². The molecule has 1 heterocycles. The van der Waals surface area contributed by atoms with Crippen LogP contribution in [0.2, 0.25) is 0 Å². The van der Waals surface area contributed by atoms with Crippen LogP contribution in [0.15, 0.2) is 11.4 Å². The maximum Gasteiger partial charge on any atom is 0.264 e. The summed E-state index contributed by atoms with van der Waals surface area (Å²) in [6.45, 7) is 0.133. The minimum absolute atomic E-state index is 0.0192. The molecule has 7 heteroatoms. The summed E-state index contributed by atoms with van der Waals surface area (Å²) in [6.07, 6.45) is 1.50. The van der Waals surface area contributed by atoms with E-state index in [2.05, 4.69) is 11.8 Å². The first kappa shape index (κ1) is 16.7. The fourth-order valence-corrected chi connectivity index (χ4v) is 2.81. The van der Waals surface area contributed by atoms with Gasteiger partial charge in [-0.1, -0.05) is 11.8 Å². The van der Waals surface area contributed by atoms with Crippen molar-refractivity contribution in [2.24, 2.45) is 0 Å². The average molecular weight is 315 g/mol. The molecule has 1 aromatic heterocycles. The van der Waals surface area contributed by atoms with Crippen LogP contribution < -0.4 is 0 Å². The minimum Gasteiger partial charge on any atom is -0.395 e. The van der Waals surface area contributed by atoms with Crippen molar-refractivity contribution in [3.05, 3.63) is 21.9 Å². The molecule has 0 spiro atoms. The number of hydrogen-bond donors (Lipinski definition) is 1. The number of carbonyl (C=O) groups excluding carboxylic acids is 1. The van der Waals surface area contributed by atoms with Crippen molar-refractivity contribution < 1.29 is 18.3 Å². The molecule has 0 aromatic carbocycles. The molecule has 0 aliphatic rings. The van der Waals surface area contributed by atoms with Crippen LogP contribution in [0.5, 0.6) is 0 Å². The number of hydrogen-bond acceptors (Lipinski definition) is 5. The van der Waals surface area contributed by atoms with E-state index in [-0.39, 0.29) is 24.8 Å². The quantitative estimate of drug-likeness (QED) is 0.808. The molecule has 0 saturated carbocycles. The lowest BCUT2D eigenvalue weighted by atomic mass is 10.2. The van der Waals surface area contributed by atoms with E-state index in [0.29, 0.717) is 16.9 Å². The van der Waals surface area contributed by atoms with Crippen LogP contribution in [0.1, 0.15) is 21.7 Å². The first-order chi connectivity index (χ1) is 9.35. The van der Waals surface area contributed by atoms with Crippen LogP contribution in [0.4, 0.5) is 0 Å². The molecule has 0 radical (unpaired) electrons. The van der Waals surface area contributed by atoms with E-state index in [4.69, 9.17) is 5.11 Å². The number of nitrogens with zero attached hydrogens (tertiary/aromatic N) is 1. The van der Waals surface area contributed by atoms with Crippen molar-refractivity contribution in [1.82, 2.24) is 4.90 Å². The van der Waals surface area contributed by atoms with Gasteiger partial charge in [-0.05, 0) is 11.4 Å². The van der Waals surface area contributed by atoms with Gasteiger partial charge in [0.2, 0.25) is 0 Å². The maximum absolute atomic E-state index is 12.2.